The summed E-state index contributed by atoms with van der Waals surface area (Å²) in [6.07, 6.45) is 5.61. The van der Waals surface area contributed by atoms with E-state index in [4.69, 9.17) is 4.74 Å². The Labute approximate surface area is 162 Å². The van der Waals surface area contributed by atoms with Gasteiger partial charge >= 0.3 is 0 Å². The molecule has 2 saturated heterocycles. The molecule has 4 rings (SSSR count). The second kappa shape index (κ2) is 7.69. The predicted molar refractivity (Wildman–Crippen MR) is 106 cm³/mol. The molecule has 8 heteroatoms. The van der Waals surface area contributed by atoms with Crippen LogP contribution in [0.2, 0.25) is 0 Å². The van der Waals surface area contributed by atoms with Crippen molar-refractivity contribution in [2.75, 3.05) is 24.7 Å². The number of nitrogens with zero attached hydrogens (tertiary/aromatic N) is 2. The summed E-state index contributed by atoms with van der Waals surface area (Å²) >= 11 is 1.53. The van der Waals surface area contributed by atoms with Crippen molar-refractivity contribution in [3.8, 4) is 0 Å². The Balaban J connectivity index is 1.51. The standard InChI is InChI=1S/C19H22N2O4S2/c22-19(8-7-18-20-16-5-1-2-6-17(16)26-18)21(12-15-4-3-10-25-15)14-9-11-27(23,24)13-14/h1-2,5-8,14-15H,3-4,9-13H2/b8-7+. The fraction of sp³-hybridized carbons (Fsp3) is 0.474. The molecule has 0 saturated carbocycles. The van der Waals surface area contributed by atoms with Gasteiger partial charge in [-0.3, -0.25) is 4.79 Å². The number of amides is 1. The summed E-state index contributed by atoms with van der Waals surface area (Å²) in [5.74, 6) is 0.0153. The molecule has 144 valence electrons. The summed E-state index contributed by atoms with van der Waals surface area (Å²) in [4.78, 5) is 19.1. The second-order valence-corrected chi connectivity index (χ2v) is 10.3. The van der Waals surface area contributed by atoms with Gasteiger partial charge in [-0.15, -0.1) is 11.3 Å². The van der Waals surface area contributed by atoms with E-state index in [2.05, 4.69) is 4.98 Å². The maximum atomic E-state index is 12.9. The highest BCUT2D eigenvalue weighted by Crippen LogP contribution is 2.24. The van der Waals surface area contributed by atoms with Crippen LogP contribution >= 0.6 is 11.3 Å². The van der Waals surface area contributed by atoms with Crippen LogP contribution in [0.1, 0.15) is 24.3 Å². The second-order valence-electron chi connectivity index (χ2n) is 7.04. The van der Waals surface area contributed by atoms with Gasteiger partial charge in [-0.05, 0) is 37.5 Å². The molecule has 2 atom stereocenters. The van der Waals surface area contributed by atoms with E-state index in [1.54, 1.807) is 11.0 Å². The van der Waals surface area contributed by atoms with E-state index in [1.165, 1.54) is 17.4 Å². The van der Waals surface area contributed by atoms with Gasteiger partial charge in [-0.25, -0.2) is 13.4 Å². The number of aromatic nitrogens is 1. The minimum Gasteiger partial charge on any atom is -0.376 e. The molecular weight excluding hydrogens is 384 g/mol. The minimum absolute atomic E-state index is 0.00638. The molecule has 0 bridgehead atoms. The topological polar surface area (TPSA) is 76.6 Å². The number of ether oxygens (including phenoxy) is 1. The molecule has 1 amide bonds. The van der Waals surface area contributed by atoms with E-state index >= 15 is 0 Å². The Bertz CT molecular complexity index is 928. The number of carbonyl (C=O) groups excluding carboxylic acids is 1. The van der Waals surface area contributed by atoms with E-state index in [-0.39, 0.29) is 29.6 Å². The Morgan fingerprint density at radius 1 is 1.33 bits per heavy atom. The highest BCUT2D eigenvalue weighted by atomic mass is 32.2. The number of sulfone groups is 1. The van der Waals surface area contributed by atoms with Crippen molar-refractivity contribution in [2.45, 2.75) is 31.4 Å². The first-order chi connectivity index (χ1) is 13.0. The minimum atomic E-state index is -3.06. The maximum absolute atomic E-state index is 12.9. The highest BCUT2D eigenvalue weighted by Gasteiger charge is 2.35. The van der Waals surface area contributed by atoms with Gasteiger partial charge in [0.15, 0.2) is 9.84 Å². The number of benzene rings is 1. The van der Waals surface area contributed by atoms with Crippen LogP contribution in [-0.2, 0) is 19.4 Å². The van der Waals surface area contributed by atoms with Crippen LogP contribution in [0.5, 0.6) is 0 Å². The number of fused-ring (bicyclic) bond motifs is 1. The van der Waals surface area contributed by atoms with Crippen LogP contribution in [0.4, 0.5) is 0 Å². The van der Waals surface area contributed by atoms with Crippen LogP contribution in [0.3, 0.4) is 0 Å². The first-order valence-electron chi connectivity index (χ1n) is 9.16. The van der Waals surface area contributed by atoms with Gasteiger partial charge in [0.25, 0.3) is 0 Å². The number of hydrogen-bond acceptors (Lipinski definition) is 6. The Morgan fingerprint density at radius 2 is 2.19 bits per heavy atom. The number of carbonyl (C=O) groups is 1. The largest absolute Gasteiger partial charge is 0.376 e. The molecule has 2 aromatic rings. The van der Waals surface area contributed by atoms with Gasteiger partial charge in [0.1, 0.15) is 5.01 Å². The van der Waals surface area contributed by atoms with Crippen LogP contribution in [-0.4, -0.2) is 61.0 Å². The zero-order valence-electron chi connectivity index (χ0n) is 14.9. The predicted octanol–water partition coefficient (Wildman–Crippen LogP) is 2.50. The van der Waals surface area contributed by atoms with E-state index < -0.39 is 9.84 Å². The average molecular weight is 407 g/mol. The molecule has 2 aliphatic heterocycles. The summed E-state index contributed by atoms with van der Waals surface area (Å²) in [5.41, 5.74) is 0.910. The summed E-state index contributed by atoms with van der Waals surface area (Å²) in [5, 5.41) is 0.764. The number of hydrogen-bond donors (Lipinski definition) is 0. The average Bonchev–Trinajstić information content (AvgIpc) is 3.36. The number of para-hydroxylation sites is 1. The maximum Gasteiger partial charge on any atom is 0.247 e. The molecule has 3 heterocycles. The summed E-state index contributed by atoms with van der Waals surface area (Å²) in [6.45, 7) is 1.15. The zero-order valence-corrected chi connectivity index (χ0v) is 16.5. The molecular formula is C19H22N2O4S2. The molecule has 0 aliphatic carbocycles. The fourth-order valence-corrected chi connectivity index (χ4v) is 6.25. The van der Waals surface area contributed by atoms with E-state index in [9.17, 15) is 13.2 Å². The lowest BCUT2D eigenvalue weighted by atomic mass is 10.1. The third-order valence-corrected chi connectivity index (χ3v) is 7.79. The Kier molecular flexibility index (Phi) is 5.29. The zero-order chi connectivity index (χ0) is 18.9. The quantitative estimate of drug-likeness (QED) is 0.713. The first-order valence-corrected chi connectivity index (χ1v) is 11.8. The van der Waals surface area contributed by atoms with Gasteiger partial charge in [0.05, 0.1) is 27.8 Å². The van der Waals surface area contributed by atoms with Gasteiger partial charge in [0.2, 0.25) is 5.91 Å². The summed E-state index contributed by atoms with van der Waals surface area (Å²) in [6, 6.07) is 7.57. The van der Waals surface area contributed by atoms with E-state index in [0.29, 0.717) is 19.6 Å². The molecule has 6 nitrogen and oxygen atoms in total. The van der Waals surface area contributed by atoms with Crippen molar-refractivity contribution >= 4 is 43.4 Å². The van der Waals surface area contributed by atoms with Gasteiger partial charge < -0.3 is 9.64 Å². The van der Waals surface area contributed by atoms with Gasteiger partial charge in [-0.2, -0.15) is 0 Å². The van der Waals surface area contributed by atoms with Crippen LogP contribution in [0, 0.1) is 0 Å². The smallest absolute Gasteiger partial charge is 0.247 e. The van der Waals surface area contributed by atoms with Crippen molar-refractivity contribution in [1.29, 1.82) is 0 Å². The number of thiazole rings is 1. The van der Waals surface area contributed by atoms with Crippen molar-refractivity contribution in [2.24, 2.45) is 0 Å². The van der Waals surface area contributed by atoms with Gasteiger partial charge in [-0.1, -0.05) is 12.1 Å². The van der Waals surface area contributed by atoms with Crippen molar-refractivity contribution in [3.63, 3.8) is 0 Å². The molecule has 0 N–H and O–H groups in total. The highest BCUT2D eigenvalue weighted by molar-refractivity contribution is 7.91. The Morgan fingerprint density at radius 3 is 2.89 bits per heavy atom. The monoisotopic (exact) mass is 406 g/mol. The molecule has 0 radical (unpaired) electrons. The molecule has 27 heavy (non-hydrogen) atoms. The van der Waals surface area contributed by atoms with Crippen LogP contribution in [0.15, 0.2) is 30.3 Å². The summed E-state index contributed by atoms with van der Waals surface area (Å²) < 4.78 is 30.5. The normalized spacial score (nSPS) is 24.7. The lowest BCUT2D eigenvalue weighted by molar-refractivity contribution is -0.129. The lowest BCUT2D eigenvalue weighted by Gasteiger charge is -2.29. The SMILES string of the molecule is O=C(/C=C/c1nc2ccccc2s1)N(CC1CCCO1)C1CCS(=O)(=O)C1. The van der Waals surface area contributed by atoms with E-state index in [1.807, 2.05) is 24.3 Å². The third kappa shape index (κ3) is 4.39. The lowest BCUT2D eigenvalue weighted by Crippen LogP contribution is -2.44. The van der Waals surface area contributed by atoms with Gasteiger partial charge in [0, 0.05) is 25.3 Å². The molecule has 1 aromatic heterocycles. The van der Waals surface area contributed by atoms with Crippen molar-refractivity contribution < 1.29 is 17.9 Å². The molecule has 2 aliphatic rings. The van der Waals surface area contributed by atoms with Crippen molar-refractivity contribution in [3.05, 3.63) is 35.3 Å². The fourth-order valence-electron chi connectivity index (χ4n) is 3.65. The van der Waals surface area contributed by atoms with Crippen molar-refractivity contribution in [1.82, 2.24) is 9.88 Å². The molecule has 2 unspecified atom stereocenters. The van der Waals surface area contributed by atoms with E-state index in [0.717, 1.165) is 28.1 Å². The summed E-state index contributed by atoms with van der Waals surface area (Å²) in [7, 11) is -3.06. The molecule has 1 aromatic carbocycles. The van der Waals surface area contributed by atoms with Crippen LogP contribution < -0.4 is 0 Å². The van der Waals surface area contributed by atoms with Crippen LogP contribution in [0.25, 0.3) is 16.3 Å². The number of rotatable bonds is 5. The molecule has 0 spiro atoms. The first kappa shape index (κ1) is 18.6. The Hall–Kier alpha value is -1.77. The third-order valence-electron chi connectivity index (χ3n) is 5.04. The molecule has 2 fully saturated rings.